The van der Waals surface area contributed by atoms with Gasteiger partial charge < -0.3 is 10.3 Å². The molecule has 2 nitrogen and oxygen atoms in total. The first-order chi connectivity index (χ1) is 10.4. The van der Waals surface area contributed by atoms with Crippen molar-refractivity contribution in [3.63, 3.8) is 0 Å². The number of benzene rings is 2. The Balaban J connectivity index is 1.82. The first-order valence-corrected chi connectivity index (χ1v) is 7.75. The molecule has 0 amide bonds. The van der Waals surface area contributed by atoms with Crippen molar-refractivity contribution in [3.8, 4) is 0 Å². The number of nitrogens with one attached hydrogen (secondary N) is 2. The number of H-pyrrole nitrogens is 1. The summed E-state index contributed by atoms with van der Waals surface area (Å²) in [6.45, 7) is 2.24. The summed E-state index contributed by atoms with van der Waals surface area (Å²) in [5.74, 6) is 0. The van der Waals surface area contributed by atoms with E-state index >= 15 is 0 Å². The van der Waals surface area contributed by atoms with E-state index in [1.54, 1.807) is 0 Å². The summed E-state index contributed by atoms with van der Waals surface area (Å²) >= 11 is 0. The Hall–Kier alpha value is -2.22. The van der Waals surface area contributed by atoms with Crippen LogP contribution < -0.4 is 5.32 Å². The molecule has 1 heterocycles. The molecule has 0 aliphatic rings. The fraction of sp³-hybridized carbons (Fsp3) is 0.263. The minimum atomic E-state index is 0.377. The number of unbranched alkanes of at least 4 members (excludes halogenated alkanes) is 1. The monoisotopic (exact) mass is 278 g/mol. The van der Waals surface area contributed by atoms with E-state index in [9.17, 15) is 0 Å². The zero-order valence-electron chi connectivity index (χ0n) is 12.5. The Bertz CT molecular complexity index is 685. The molecule has 0 fully saturated rings. The summed E-state index contributed by atoms with van der Waals surface area (Å²) < 4.78 is 0. The average Bonchev–Trinajstić information content (AvgIpc) is 3.00. The molecule has 2 heteroatoms. The highest BCUT2D eigenvalue weighted by Gasteiger charge is 2.10. The van der Waals surface area contributed by atoms with E-state index < -0.39 is 0 Å². The second-order valence-corrected chi connectivity index (χ2v) is 5.53. The summed E-state index contributed by atoms with van der Waals surface area (Å²) in [7, 11) is 0. The van der Waals surface area contributed by atoms with Crippen LogP contribution in [-0.2, 0) is 0 Å². The van der Waals surface area contributed by atoms with E-state index in [4.69, 9.17) is 0 Å². The molecule has 2 N–H and O–H groups in total. The van der Waals surface area contributed by atoms with Gasteiger partial charge in [-0.25, -0.2) is 0 Å². The lowest BCUT2D eigenvalue weighted by atomic mass is 10.0. The average molecular weight is 278 g/mol. The van der Waals surface area contributed by atoms with Crippen molar-refractivity contribution < 1.29 is 0 Å². The highest BCUT2D eigenvalue weighted by Crippen LogP contribution is 2.26. The topological polar surface area (TPSA) is 27.8 Å². The van der Waals surface area contributed by atoms with Crippen LogP contribution in [-0.4, -0.2) is 4.98 Å². The SMILES string of the molecule is CCCCC(Nc1ccc2[nH]ccc2c1)c1ccccc1. The predicted octanol–water partition coefficient (Wildman–Crippen LogP) is 5.51. The number of hydrogen-bond donors (Lipinski definition) is 2. The smallest absolute Gasteiger partial charge is 0.0513 e. The Morgan fingerprint density at radius 2 is 1.90 bits per heavy atom. The molecule has 0 spiro atoms. The van der Waals surface area contributed by atoms with Crippen molar-refractivity contribution in [2.75, 3.05) is 5.32 Å². The molecule has 1 aromatic heterocycles. The van der Waals surface area contributed by atoms with E-state index in [0.29, 0.717) is 6.04 Å². The van der Waals surface area contributed by atoms with Gasteiger partial charge in [0.1, 0.15) is 0 Å². The lowest BCUT2D eigenvalue weighted by Gasteiger charge is -2.20. The van der Waals surface area contributed by atoms with Crippen molar-refractivity contribution in [2.45, 2.75) is 32.2 Å². The summed E-state index contributed by atoms with van der Waals surface area (Å²) in [4.78, 5) is 3.24. The Morgan fingerprint density at radius 1 is 1.05 bits per heavy atom. The number of aromatic nitrogens is 1. The third-order valence-corrected chi connectivity index (χ3v) is 3.94. The molecule has 0 bridgehead atoms. The molecular formula is C19H22N2. The number of aromatic amines is 1. The quantitative estimate of drug-likeness (QED) is 0.611. The van der Waals surface area contributed by atoms with Gasteiger partial charge in [0, 0.05) is 22.8 Å². The fourth-order valence-electron chi connectivity index (χ4n) is 2.76. The van der Waals surface area contributed by atoms with Crippen LogP contribution in [0.2, 0.25) is 0 Å². The fourth-order valence-corrected chi connectivity index (χ4v) is 2.76. The highest BCUT2D eigenvalue weighted by molar-refractivity contribution is 5.83. The lowest BCUT2D eigenvalue weighted by Crippen LogP contribution is -2.10. The molecule has 2 aromatic carbocycles. The molecule has 0 saturated heterocycles. The second kappa shape index (κ2) is 6.49. The van der Waals surface area contributed by atoms with Gasteiger partial charge in [0.05, 0.1) is 6.04 Å². The first-order valence-electron chi connectivity index (χ1n) is 7.75. The van der Waals surface area contributed by atoms with Crippen molar-refractivity contribution in [3.05, 3.63) is 66.4 Å². The summed E-state index contributed by atoms with van der Waals surface area (Å²) in [6.07, 6.45) is 5.60. The molecule has 0 saturated carbocycles. The van der Waals surface area contributed by atoms with Gasteiger partial charge in [-0.3, -0.25) is 0 Å². The van der Waals surface area contributed by atoms with Gasteiger partial charge in [0.15, 0.2) is 0 Å². The van der Waals surface area contributed by atoms with Crippen LogP contribution >= 0.6 is 0 Å². The highest BCUT2D eigenvalue weighted by atomic mass is 14.9. The molecule has 3 aromatic rings. The Kier molecular flexibility index (Phi) is 4.25. The number of hydrogen-bond acceptors (Lipinski definition) is 1. The van der Waals surface area contributed by atoms with Crippen molar-refractivity contribution >= 4 is 16.6 Å². The second-order valence-electron chi connectivity index (χ2n) is 5.53. The van der Waals surface area contributed by atoms with Gasteiger partial charge >= 0.3 is 0 Å². The van der Waals surface area contributed by atoms with Crippen LogP contribution in [0.3, 0.4) is 0 Å². The van der Waals surface area contributed by atoms with Crippen LogP contribution in [0.15, 0.2) is 60.8 Å². The Labute approximate surface area is 126 Å². The van der Waals surface area contributed by atoms with Crippen LogP contribution in [0, 0.1) is 0 Å². The molecule has 1 unspecified atom stereocenters. The largest absolute Gasteiger partial charge is 0.378 e. The molecule has 0 radical (unpaired) electrons. The first kappa shape index (κ1) is 13.7. The minimum absolute atomic E-state index is 0.377. The van der Waals surface area contributed by atoms with Crippen molar-refractivity contribution in [2.24, 2.45) is 0 Å². The van der Waals surface area contributed by atoms with E-state index in [0.717, 1.165) is 6.42 Å². The predicted molar refractivity (Wildman–Crippen MR) is 90.6 cm³/mol. The zero-order chi connectivity index (χ0) is 14.5. The molecule has 21 heavy (non-hydrogen) atoms. The van der Waals surface area contributed by atoms with E-state index in [-0.39, 0.29) is 0 Å². The van der Waals surface area contributed by atoms with Crippen LogP contribution in [0.4, 0.5) is 5.69 Å². The molecular weight excluding hydrogens is 256 g/mol. The zero-order valence-corrected chi connectivity index (χ0v) is 12.5. The summed E-state index contributed by atoms with van der Waals surface area (Å²) in [5, 5.41) is 4.95. The molecule has 0 aliphatic heterocycles. The summed E-state index contributed by atoms with van der Waals surface area (Å²) in [5.41, 5.74) is 3.73. The van der Waals surface area contributed by atoms with Crippen LogP contribution in [0.25, 0.3) is 10.9 Å². The normalized spacial score (nSPS) is 12.4. The Morgan fingerprint density at radius 3 is 2.71 bits per heavy atom. The standard InChI is InChI=1S/C19H22N2/c1-2-3-9-19(15-7-5-4-6-8-15)21-17-10-11-18-16(14-17)12-13-20-18/h4-8,10-14,19-21H,2-3,9H2,1H3. The van der Waals surface area contributed by atoms with Crippen molar-refractivity contribution in [1.29, 1.82) is 0 Å². The van der Waals surface area contributed by atoms with Gasteiger partial charge in [-0.05, 0) is 36.2 Å². The van der Waals surface area contributed by atoms with Gasteiger partial charge in [0.25, 0.3) is 0 Å². The molecule has 0 aliphatic carbocycles. The number of fused-ring (bicyclic) bond motifs is 1. The van der Waals surface area contributed by atoms with Gasteiger partial charge in [-0.15, -0.1) is 0 Å². The molecule has 3 rings (SSSR count). The maximum atomic E-state index is 3.70. The maximum Gasteiger partial charge on any atom is 0.0513 e. The van der Waals surface area contributed by atoms with E-state index in [1.165, 1.54) is 35.0 Å². The van der Waals surface area contributed by atoms with Gasteiger partial charge in [-0.2, -0.15) is 0 Å². The third-order valence-electron chi connectivity index (χ3n) is 3.94. The van der Waals surface area contributed by atoms with E-state index in [1.807, 2.05) is 6.20 Å². The lowest BCUT2D eigenvalue weighted by molar-refractivity contribution is 0.634. The number of rotatable bonds is 6. The number of anilines is 1. The van der Waals surface area contributed by atoms with Crippen LogP contribution in [0.5, 0.6) is 0 Å². The maximum absolute atomic E-state index is 3.70. The van der Waals surface area contributed by atoms with Gasteiger partial charge in [0.2, 0.25) is 0 Å². The minimum Gasteiger partial charge on any atom is -0.378 e. The van der Waals surface area contributed by atoms with Crippen LogP contribution in [0.1, 0.15) is 37.8 Å². The molecule has 108 valence electrons. The summed E-state index contributed by atoms with van der Waals surface area (Å²) in [6, 6.07) is 19.7. The molecule has 1 atom stereocenters. The van der Waals surface area contributed by atoms with Gasteiger partial charge in [-0.1, -0.05) is 50.1 Å². The third kappa shape index (κ3) is 3.27. The van der Waals surface area contributed by atoms with Crippen molar-refractivity contribution in [1.82, 2.24) is 4.98 Å². The van der Waals surface area contributed by atoms with E-state index in [2.05, 4.69) is 71.8 Å².